The van der Waals surface area contributed by atoms with Crippen LogP contribution in [-0.4, -0.2) is 6.21 Å². The van der Waals surface area contributed by atoms with Gasteiger partial charge in [-0.25, -0.2) is 0 Å². The smallest absolute Gasteiger partial charge is 0.255 e. The van der Waals surface area contributed by atoms with Crippen LogP contribution in [0.4, 0.5) is 0 Å². The van der Waals surface area contributed by atoms with Crippen LogP contribution in [0.1, 0.15) is 18.0 Å². The van der Waals surface area contributed by atoms with Crippen molar-refractivity contribution in [2.24, 2.45) is 5.73 Å². The fourth-order valence-corrected chi connectivity index (χ4v) is 1.56. The minimum atomic E-state index is 0. The molecule has 1 aliphatic rings. The molecule has 0 bridgehead atoms. The molecule has 0 saturated heterocycles. The molecular weight excluding hydrogens is 255 g/mol. The molecule has 0 fully saturated rings. The van der Waals surface area contributed by atoms with Crippen molar-refractivity contribution < 1.29 is 12.4 Å². The second kappa shape index (κ2) is 8.07. The summed E-state index contributed by atoms with van der Waals surface area (Å²) in [6.07, 6.45) is 8.48. The summed E-state index contributed by atoms with van der Waals surface area (Å²) in [7, 11) is 0. The molecule has 0 spiro atoms. The second-order valence-corrected chi connectivity index (χ2v) is 3.54. The summed E-state index contributed by atoms with van der Waals surface area (Å²) in [5.74, 6) is 0. The van der Waals surface area contributed by atoms with Gasteiger partial charge >= 0.3 is 0 Å². The van der Waals surface area contributed by atoms with Crippen LogP contribution in [0.25, 0.3) is 0 Å². The van der Waals surface area contributed by atoms with Gasteiger partial charge in [0, 0.05) is 18.2 Å². The lowest BCUT2D eigenvalue weighted by Crippen LogP contribution is -3.00. The van der Waals surface area contributed by atoms with Gasteiger partial charge in [0.1, 0.15) is 0 Å². The monoisotopic (exact) mass is 269 g/mol. The third-order valence-corrected chi connectivity index (χ3v) is 2.38. The second-order valence-electron chi connectivity index (χ2n) is 3.54. The van der Waals surface area contributed by atoms with Crippen molar-refractivity contribution in [2.45, 2.75) is 12.5 Å². The molecule has 0 aliphatic carbocycles. The summed E-state index contributed by atoms with van der Waals surface area (Å²) in [4.78, 5) is 4.26. The van der Waals surface area contributed by atoms with Crippen LogP contribution >= 0.6 is 12.4 Å². The van der Waals surface area contributed by atoms with Crippen LogP contribution in [0.2, 0.25) is 0 Å². The molecule has 1 aliphatic heterocycles. The molecule has 0 amide bonds. The van der Waals surface area contributed by atoms with Gasteiger partial charge in [0.25, 0.3) is 5.70 Å². The third kappa shape index (κ3) is 4.73. The summed E-state index contributed by atoms with van der Waals surface area (Å²) >= 11 is 0. The maximum atomic E-state index is 6.09. The molecule has 1 aromatic rings. The highest BCUT2D eigenvalue weighted by molar-refractivity contribution is 5.85. The van der Waals surface area contributed by atoms with E-state index in [-0.39, 0.29) is 30.9 Å². The first-order valence-corrected chi connectivity index (χ1v) is 5.06. The third-order valence-electron chi connectivity index (χ3n) is 2.38. The van der Waals surface area contributed by atoms with E-state index in [1.165, 1.54) is 0 Å². The molecule has 2 nitrogen and oxygen atoms in total. The van der Waals surface area contributed by atoms with Crippen molar-refractivity contribution in [3.05, 3.63) is 59.8 Å². The van der Waals surface area contributed by atoms with E-state index in [4.69, 9.17) is 5.73 Å². The van der Waals surface area contributed by atoms with Gasteiger partial charge in [0.05, 0.1) is 11.4 Å². The first-order chi connectivity index (χ1) is 7.36. The lowest BCUT2D eigenvalue weighted by atomic mass is 10.0. The standard InChI is InChI=1S/C13H14N2.2ClH/c14-13(11-6-2-1-3-7-11)10-12-8-4-5-9-15-12;;/h1-9,13H,10,14H2;2*1H/q+1;;/p-1/t13-;;/m0../s1. The van der Waals surface area contributed by atoms with E-state index in [9.17, 15) is 0 Å². The molecular formula is C13H15Cl2N2. The summed E-state index contributed by atoms with van der Waals surface area (Å²) in [5, 5.41) is 0. The Kier molecular flexibility index (Phi) is 7.55. The highest BCUT2D eigenvalue weighted by Gasteiger charge is 2.15. The molecule has 2 rings (SSSR count). The number of benzene rings is 1. The van der Waals surface area contributed by atoms with Gasteiger partial charge in [0.2, 0.25) is 6.21 Å². The molecule has 1 radical (unpaired) electrons. The Bertz CT molecular complexity index is 411. The van der Waals surface area contributed by atoms with E-state index >= 15 is 0 Å². The zero-order valence-electron chi connectivity index (χ0n) is 9.29. The Morgan fingerprint density at radius 2 is 1.82 bits per heavy atom. The van der Waals surface area contributed by atoms with Gasteiger partial charge in [-0.2, -0.15) is 0 Å². The Morgan fingerprint density at radius 3 is 2.41 bits per heavy atom. The Labute approximate surface area is 114 Å². The fraction of sp³-hybridized carbons (Fsp3) is 0.154. The van der Waals surface area contributed by atoms with Gasteiger partial charge in [-0.1, -0.05) is 30.3 Å². The molecule has 1 heterocycles. The fourth-order valence-electron chi connectivity index (χ4n) is 1.56. The molecule has 0 saturated carbocycles. The first kappa shape index (κ1) is 15.9. The quantitative estimate of drug-likeness (QED) is 0.780. The van der Waals surface area contributed by atoms with Crippen molar-refractivity contribution in [1.29, 1.82) is 0 Å². The first-order valence-electron chi connectivity index (χ1n) is 5.06. The van der Waals surface area contributed by atoms with Crippen molar-refractivity contribution in [2.75, 3.05) is 0 Å². The maximum Gasteiger partial charge on any atom is 0.255 e. The minimum Gasteiger partial charge on any atom is -1.00 e. The molecule has 0 unspecified atom stereocenters. The molecule has 17 heavy (non-hydrogen) atoms. The number of nitrogens with two attached hydrogens (primary N) is 1. The zero-order chi connectivity index (χ0) is 10.5. The number of hydrogen-bond acceptors (Lipinski definition) is 2. The Hall–Kier alpha value is -1.09. The van der Waals surface area contributed by atoms with Crippen molar-refractivity contribution in [1.82, 2.24) is 4.99 Å². The van der Waals surface area contributed by atoms with Gasteiger partial charge in [-0.05, 0) is 11.6 Å². The normalized spacial score (nSPS) is 14.3. The summed E-state index contributed by atoms with van der Waals surface area (Å²) in [6.45, 7) is 0. The van der Waals surface area contributed by atoms with Crippen LogP contribution in [0.15, 0.2) is 54.3 Å². The predicted molar refractivity (Wildman–Crippen MR) is 70.7 cm³/mol. The molecule has 91 valence electrons. The van der Waals surface area contributed by atoms with E-state index in [0.29, 0.717) is 0 Å². The summed E-state index contributed by atoms with van der Waals surface area (Å²) in [5.41, 5.74) is 8.28. The van der Waals surface area contributed by atoms with E-state index < -0.39 is 0 Å². The highest BCUT2D eigenvalue weighted by Crippen LogP contribution is 2.17. The van der Waals surface area contributed by atoms with Crippen molar-refractivity contribution in [3.8, 4) is 0 Å². The highest BCUT2D eigenvalue weighted by atomic mass is 35.5. The molecule has 1 atom stereocenters. The van der Waals surface area contributed by atoms with Gasteiger partial charge in [0.15, 0.2) is 0 Å². The van der Waals surface area contributed by atoms with E-state index in [2.05, 4.69) is 4.99 Å². The molecule has 1 aromatic carbocycles. The topological polar surface area (TPSA) is 40.1 Å². The average molecular weight is 270 g/mol. The van der Waals surface area contributed by atoms with Crippen LogP contribution in [-0.2, 0) is 0 Å². The summed E-state index contributed by atoms with van der Waals surface area (Å²) in [6, 6.07) is 10.1. The van der Waals surface area contributed by atoms with Crippen molar-refractivity contribution >= 4 is 18.6 Å². The zero-order valence-corrected chi connectivity index (χ0v) is 10.9. The Balaban J connectivity index is 0.00000128. The molecule has 2 N–H and O–H groups in total. The Morgan fingerprint density at radius 1 is 1.12 bits per heavy atom. The predicted octanol–water partition coefficient (Wildman–Crippen LogP) is -0.637. The summed E-state index contributed by atoms with van der Waals surface area (Å²) < 4.78 is 0. The minimum absolute atomic E-state index is 0. The largest absolute Gasteiger partial charge is 1.00 e. The van der Waals surface area contributed by atoms with Gasteiger partial charge in [-0.15, -0.1) is 12.4 Å². The number of allylic oxidation sites excluding steroid dienone is 3. The van der Waals surface area contributed by atoms with Crippen molar-refractivity contribution in [3.63, 3.8) is 0 Å². The van der Waals surface area contributed by atoms with E-state index in [1.54, 1.807) is 6.21 Å². The van der Waals surface area contributed by atoms with E-state index in [1.807, 2.05) is 48.6 Å². The number of hydrogen-bond donors (Lipinski definition) is 1. The van der Waals surface area contributed by atoms with E-state index in [0.717, 1.165) is 17.7 Å². The molecule has 0 aromatic heterocycles. The molecule has 4 heteroatoms. The van der Waals surface area contributed by atoms with Crippen LogP contribution in [0, 0.1) is 0 Å². The number of halogens is 2. The van der Waals surface area contributed by atoms with Crippen LogP contribution in [0.3, 0.4) is 0 Å². The SMILES string of the molecule is Cl.N[C@@H](CC1=CC=CC=[N+]1)c1ccccc1.[Cl-]. The van der Waals surface area contributed by atoms with Gasteiger partial charge in [-0.3, -0.25) is 0 Å². The lowest BCUT2D eigenvalue weighted by molar-refractivity contribution is -0.00000336. The number of rotatable bonds is 3. The number of aliphatic imine (C=N–C) groups is 1. The lowest BCUT2D eigenvalue weighted by Gasteiger charge is -2.08. The van der Waals surface area contributed by atoms with Gasteiger partial charge < -0.3 is 18.1 Å². The maximum absolute atomic E-state index is 6.09. The average Bonchev–Trinajstić information content (AvgIpc) is 2.31. The van der Waals surface area contributed by atoms with Crippen LogP contribution < -0.4 is 23.1 Å². The number of nitrogens with zero attached hydrogens (tertiary/aromatic N) is 1. The van der Waals surface area contributed by atoms with Crippen LogP contribution in [0.5, 0.6) is 0 Å².